The van der Waals surface area contributed by atoms with Crippen molar-refractivity contribution >= 4 is 5.97 Å². The normalized spacial score (nSPS) is 21.4. The van der Waals surface area contributed by atoms with Gasteiger partial charge in [0.15, 0.2) is 6.17 Å². The zero-order valence-corrected chi connectivity index (χ0v) is 17.2. The number of carbonyl (C=O) groups is 1. The van der Waals surface area contributed by atoms with Crippen molar-refractivity contribution in [2.45, 2.75) is 40.0 Å². The minimum Gasteiger partial charge on any atom is -0.442 e. The number of alkyl halides is 1. The second-order valence-corrected chi connectivity index (χ2v) is 8.46. The van der Waals surface area contributed by atoms with Gasteiger partial charge in [-0.05, 0) is 42.4 Å². The van der Waals surface area contributed by atoms with Crippen molar-refractivity contribution in [2.24, 2.45) is 17.3 Å². The van der Waals surface area contributed by atoms with Crippen LogP contribution in [0.3, 0.4) is 0 Å². The number of halogens is 1. The first-order chi connectivity index (χ1) is 13.8. The second-order valence-electron chi connectivity index (χ2n) is 8.46. The third-order valence-corrected chi connectivity index (χ3v) is 5.63. The highest BCUT2D eigenvalue weighted by atomic mass is 19.1. The van der Waals surface area contributed by atoms with Crippen LogP contribution in [0.5, 0.6) is 0 Å². The third-order valence-electron chi connectivity index (χ3n) is 5.63. The van der Waals surface area contributed by atoms with Crippen LogP contribution in [-0.2, 0) is 9.53 Å². The van der Waals surface area contributed by atoms with Crippen molar-refractivity contribution in [3.63, 3.8) is 0 Å². The molecule has 4 heteroatoms. The molecule has 0 amide bonds. The Morgan fingerprint density at radius 2 is 1.72 bits per heavy atom. The van der Waals surface area contributed by atoms with Crippen LogP contribution in [0.25, 0.3) is 0 Å². The lowest BCUT2D eigenvalue weighted by atomic mass is 9.99. The quantitative estimate of drug-likeness (QED) is 0.442. The Kier molecular flexibility index (Phi) is 5.88. The summed E-state index contributed by atoms with van der Waals surface area (Å²) in [5.41, 5.74) is 2.42. The maximum atomic E-state index is 14.9. The standard InChI is InChI=1S/C25H26FNO2/c1-16(2)13-20-22(25(20,3)4)24(28)29-21(15-27)18-11-8-12-19(14-18)23(26)17-9-6-5-7-10-17/h5-14,20-23H,1-4H3. The molecule has 0 saturated heterocycles. The summed E-state index contributed by atoms with van der Waals surface area (Å²) in [5.74, 6) is -0.539. The summed E-state index contributed by atoms with van der Waals surface area (Å²) in [7, 11) is 0. The number of hydrogen-bond acceptors (Lipinski definition) is 3. The Bertz CT molecular complexity index is 954. The van der Waals surface area contributed by atoms with Crippen molar-refractivity contribution in [3.8, 4) is 6.07 Å². The van der Waals surface area contributed by atoms with Crippen LogP contribution < -0.4 is 0 Å². The van der Waals surface area contributed by atoms with E-state index < -0.39 is 12.3 Å². The van der Waals surface area contributed by atoms with Gasteiger partial charge in [-0.25, -0.2) is 4.39 Å². The van der Waals surface area contributed by atoms with E-state index in [0.717, 1.165) is 5.57 Å². The van der Waals surface area contributed by atoms with Crippen LogP contribution in [0.2, 0.25) is 0 Å². The molecule has 4 atom stereocenters. The van der Waals surface area contributed by atoms with Gasteiger partial charge in [-0.2, -0.15) is 5.26 Å². The van der Waals surface area contributed by atoms with Crippen LogP contribution in [0.15, 0.2) is 66.2 Å². The fraction of sp³-hybridized carbons (Fsp3) is 0.360. The van der Waals surface area contributed by atoms with Gasteiger partial charge in [-0.3, -0.25) is 4.79 Å². The van der Waals surface area contributed by atoms with Gasteiger partial charge in [0.25, 0.3) is 0 Å². The van der Waals surface area contributed by atoms with E-state index in [1.54, 1.807) is 48.5 Å². The largest absolute Gasteiger partial charge is 0.442 e. The number of nitrogens with zero attached hydrogens (tertiary/aromatic N) is 1. The molecule has 1 aliphatic carbocycles. The predicted octanol–water partition coefficient (Wildman–Crippen LogP) is 6.09. The van der Waals surface area contributed by atoms with Gasteiger partial charge >= 0.3 is 5.97 Å². The molecule has 2 aromatic carbocycles. The molecule has 150 valence electrons. The molecule has 29 heavy (non-hydrogen) atoms. The number of hydrogen-bond donors (Lipinski definition) is 0. The number of ether oxygens (including phenoxy) is 1. The highest BCUT2D eigenvalue weighted by molar-refractivity contribution is 5.78. The zero-order chi connectivity index (χ0) is 21.2. The summed E-state index contributed by atoms with van der Waals surface area (Å²) in [4.78, 5) is 12.7. The van der Waals surface area contributed by atoms with E-state index in [4.69, 9.17) is 4.74 Å². The van der Waals surface area contributed by atoms with Gasteiger partial charge in [0.05, 0.1) is 5.92 Å². The van der Waals surface area contributed by atoms with Crippen LogP contribution in [-0.4, -0.2) is 5.97 Å². The Labute approximate surface area is 171 Å². The number of esters is 1. The highest BCUT2D eigenvalue weighted by Gasteiger charge is 2.61. The summed E-state index contributed by atoms with van der Waals surface area (Å²) >= 11 is 0. The first-order valence-corrected chi connectivity index (χ1v) is 9.79. The third kappa shape index (κ3) is 4.40. The molecule has 0 aromatic heterocycles. The molecule has 3 nitrogen and oxygen atoms in total. The molecule has 0 bridgehead atoms. The fourth-order valence-electron chi connectivity index (χ4n) is 3.85. The molecule has 1 saturated carbocycles. The van der Waals surface area contributed by atoms with E-state index in [9.17, 15) is 14.4 Å². The Morgan fingerprint density at radius 1 is 1.10 bits per heavy atom. The van der Waals surface area contributed by atoms with Gasteiger partial charge < -0.3 is 4.74 Å². The van der Waals surface area contributed by atoms with Crippen LogP contribution in [0, 0.1) is 28.6 Å². The predicted molar refractivity (Wildman–Crippen MR) is 110 cm³/mol. The van der Waals surface area contributed by atoms with E-state index in [1.165, 1.54) is 0 Å². The number of allylic oxidation sites excluding steroid dienone is 2. The summed E-state index contributed by atoms with van der Waals surface area (Å²) in [6.45, 7) is 8.05. The van der Waals surface area contributed by atoms with Crippen LogP contribution >= 0.6 is 0 Å². The van der Waals surface area contributed by atoms with E-state index in [2.05, 4.69) is 6.08 Å². The molecular formula is C25H26FNO2. The number of benzene rings is 2. The second kappa shape index (κ2) is 8.21. The van der Waals surface area contributed by atoms with Crippen molar-refractivity contribution < 1.29 is 13.9 Å². The molecule has 0 heterocycles. The number of nitriles is 1. The van der Waals surface area contributed by atoms with Crippen LogP contribution in [0.1, 0.15) is 56.7 Å². The Morgan fingerprint density at radius 3 is 2.34 bits per heavy atom. The van der Waals surface area contributed by atoms with Gasteiger partial charge in [0.1, 0.15) is 6.07 Å². The summed E-state index contributed by atoms with van der Waals surface area (Å²) in [5, 5.41) is 9.59. The molecule has 0 radical (unpaired) electrons. The molecule has 4 unspecified atom stereocenters. The molecular weight excluding hydrogens is 365 g/mol. The molecule has 3 rings (SSSR count). The van der Waals surface area contributed by atoms with Crippen molar-refractivity contribution in [2.75, 3.05) is 0 Å². The highest BCUT2D eigenvalue weighted by Crippen LogP contribution is 2.60. The lowest BCUT2D eigenvalue weighted by molar-refractivity contribution is -0.149. The average Bonchev–Trinajstić information content (AvgIpc) is 3.25. The molecule has 0 N–H and O–H groups in total. The monoisotopic (exact) mass is 391 g/mol. The van der Waals surface area contributed by atoms with E-state index in [-0.39, 0.29) is 23.2 Å². The fourth-order valence-corrected chi connectivity index (χ4v) is 3.85. The SMILES string of the molecule is CC(C)=CC1C(C(=O)OC(C#N)c2cccc(C(F)c3ccccc3)c2)C1(C)C. The first-order valence-electron chi connectivity index (χ1n) is 9.79. The van der Waals surface area contributed by atoms with Crippen LogP contribution in [0.4, 0.5) is 4.39 Å². The Balaban J connectivity index is 1.77. The smallest absolute Gasteiger partial charge is 0.311 e. The van der Waals surface area contributed by atoms with Crippen molar-refractivity contribution in [1.29, 1.82) is 5.26 Å². The summed E-state index contributed by atoms with van der Waals surface area (Å²) in [6, 6.07) is 17.5. The Hall–Kier alpha value is -2.93. The topological polar surface area (TPSA) is 50.1 Å². The maximum Gasteiger partial charge on any atom is 0.311 e. The van der Waals surface area contributed by atoms with E-state index in [0.29, 0.717) is 16.7 Å². The number of rotatable bonds is 6. The van der Waals surface area contributed by atoms with Crippen molar-refractivity contribution in [1.82, 2.24) is 0 Å². The molecule has 1 fully saturated rings. The van der Waals surface area contributed by atoms with E-state index >= 15 is 0 Å². The van der Waals surface area contributed by atoms with Gasteiger partial charge in [0.2, 0.25) is 6.10 Å². The average molecular weight is 391 g/mol. The van der Waals surface area contributed by atoms with Gasteiger partial charge in [-0.15, -0.1) is 0 Å². The van der Waals surface area contributed by atoms with E-state index in [1.807, 2.05) is 39.8 Å². The van der Waals surface area contributed by atoms with Gasteiger partial charge in [-0.1, -0.05) is 74.0 Å². The van der Waals surface area contributed by atoms with Crippen molar-refractivity contribution in [3.05, 3.63) is 82.9 Å². The molecule has 0 aliphatic heterocycles. The van der Waals surface area contributed by atoms with Gasteiger partial charge in [0, 0.05) is 5.56 Å². The lowest BCUT2D eigenvalue weighted by Gasteiger charge is -2.15. The zero-order valence-electron chi connectivity index (χ0n) is 17.2. The maximum absolute atomic E-state index is 14.9. The molecule has 1 aliphatic rings. The first kappa shape index (κ1) is 20.8. The lowest BCUT2D eigenvalue weighted by Crippen LogP contribution is -2.14. The molecule has 2 aromatic rings. The minimum absolute atomic E-state index is 0.110. The summed E-state index contributed by atoms with van der Waals surface area (Å²) in [6.07, 6.45) is -0.286. The molecule has 0 spiro atoms. The summed E-state index contributed by atoms with van der Waals surface area (Å²) < 4.78 is 20.4. The number of carbonyl (C=O) groups excluding carboxylic acids is 1. The minimum atomic E-state index is -1.31.